The minimum atomic E-state index is -0.475. The molecule has 1 unspecified atom stereocenters. The smallest absolute Gasteiger partial charge is 0.165 e. The number of para-hydroxylation sites is 3. The summed E-state index contributed by atoms with van der Waals surface area (Å²) in [7, 11) is 0. The molecule has 4 heteroatoms. The van der Waals surface area contributed by atoms with Crippen LogP contribution in [0.25, 0.3) is 89.1 Å². The van der Waals surface area contributed by atoms with E-state index in [1.54, 1.807) is 0 Å². The topological polar surface area (TPSA) is 43.6 Å². The fourth-order valence-electron chi connectivity index (χ4n) is 10.7. The standard InChI is InChI=1S/C56H36N4/c1-3-17-36(18-4-1)53-57-54(37-19-5-2-6-20-37)59-55(58-53)51-39-21-8-7-16-35(39)30-32-40(51)38-31-33-42-41-22-9-11-25-45(41)56(48(42)34-38)46-26-12-14-29-50(46)60-49-28-13-10-23-43(49)44-24-15-27-47(56)52(44)60/h1-10,12-24,26-34H,11,25H2. The second-order valence-corrected chi connectivity index (χ2v) is 16.2. The average molecular weight is 765 g/mol. The Labute approximate surface area is 347 Å². The van der Waals surface area contributed by atoms with E-state index >= 15 is 0 Å². The molecule has 13 rings (SSSR count). The van der Waals surface area contributed by atoms with Crippen LogP contribution in [0.4, 0.5) is 0 Å². The summed E-state index contributed by atoms with van der Waals surface area (Å²) in [5, 5.41) is 4.82. The van der Waals surface area contributed by atoms with Gasteiger partial charge in [0, 0.05) is 27.5 Å². The molecule has 3 aliphatic rings. The zero-order chi connectivity index (χ0) is 39.4. The fourth-order valence-corrected chi connectivity index (χ4v) is 10.7. The summed E-state index contributed by atoms with van der Waals surface area (Å²) in [6, 6.07) is 65.9. The lowest BCUT2D eigenvalue weighted by molar-refractivity contribution is 0.685. The Balaban J connectivity index is 1.11. The van der Waals surface area contributed by atoms with Crippen LogP contribution in [0.2, 0.25) is 0 Å². The first kappa shape index (κ1) is 33.3. The SMILES string of the molecule is C1=CC2=C(CC1)C1(c3cc(-c4ccc5ccccc5c4-c4nc(-c5ccccc5)nc(-c5ccccc5)n4)ccc32)c2ccccc2-n2c3ccccc3c3cccc1c32. The van der Waals surface area contributed by atoms with Gasteiger partial charge in [0.2, 0.25) is 0 Å². The van der Waals surface area contributed by atoms with Gasteiger partial charge in [-0.15, -0.1) is 0 Å². The molecule has 0 bridgehead atoms. The number of hydrogen-bond acceptors (Lipinski definition) is 3. The van der Waals surface area contributed by atoms with Gasteiger partial charge in [0.25, 0.3) is 0 Å². The maximum atomic E-state index is 5.31. The number of fused-ring (bicyclic) bond motifs is 12. The highest BCUT2D eigenvalue weighted by Crippen LogP contribution is 2.62. The summed E-state index contributed by atoms with van der Waals surface area (Å²) in [5.74, 6) is 1.96. The van der Waals surface area contributed by atoms with Gasteiger partial charge in [-0.05, 0) is 86.3 Å². The van der Waals surface area contributed by atoms with E-state index in [0.717, 1.165) is 51.4 Å². The normalized spacial score (nSPS) is 16.1. The quantitative estimate of drug-likeness (QED) is 0.179. The van der Waals surface area contributed by atoms with Crippen LogP contribution < -0.4 is 0 Å². The Morgan fingerprint density at radius 3 is 1.93 bits per heavy atom. The molecule has 1 spiro atoms. The number of rotatable bonds is 4. The number of nitrogens with zero attached hydrogens (tertiary/aromatic N) is 4. The lowest BCUT2D eigenvalue weighted by Crippen LogP contribution is -2.34. The van der Waals surface area contributed by atoms with E-state index in [1.165, 1.54) is 60.9 Å². The molecular weight excluding hydrogens is 729 g/mol. The molecule has 0 N–H and O–H groups in total. The van der Waals surface area contributed by atoms with E-state index in [2.05, 4.69) is 162 Å². The van der Waals surface area contributed by atoms with Crippen molar-refractivity contribution in [2.45, 2.75) is 18.3 Å². The van der Waals surface area contributed by atoms with Crippen LogP contribution in [0.5, 0.6) is 0 Å². The van der Waals surface area contributed by atoms with E-state index in [4.69, 9.17) is 15.0 Å². The third-order valence-corrected chi connectivity index (χ3v) is 13.1. The first-order valence-corrected chi connectivity index (χ1v) is 20.8. The van der Waals surface area contributed by atoms with Crippen LogP contribution in [0.1, 0.15) is 35.1 Å². The predicted molar refractivity (Wildman–Crippen MR) is 245 cm³/mol. The van der Waals surface area contributed by atoms with Crippen LogP contribution in [0.15, 0.2) is 200 Å². The molecule has 0 saturated carbocycles. The zero-order valence-electron chi connectivity index (χ0n) is 32.7. The van der Waals surface area contributed by atoms with E-state index in [0.29, 0.717) is 17.5 Å². The van der Waals surface area contributed by atoms with Crippen molar-refractivity contribution < 1.29 is 0 Å². The average Bonchev–Trinajstić information content (AvgIpc) is 3.82. The van der Waals surface area contributed by atoms with E-state index in [9.17, 15) is 0 Å². The van der Waals surface area contributed by atoms with Gasteiger partial charge in [0.1, 0.15) is 0 Å². The lowest BCUT2D eigenvalue weighted by atomic mass is 9.63. The van der Waals surface area contributed by atoms with Crippen molar-refractivity contribution in [2.24, 2.45) is 0 Å². The number of benzene rings is 8. The second kappa shape index (κ2) is 12.7. The van der Waals surface area contributed by atoms with Crippen molar-refractivity contribution in [1.29, 1.82) is 0 Å². The van der Waals surface area contributed by atoms with Crippen LogP contribution in [0.3, 0.4) is 0 Å². The first-order valence-electron chi connectivity index (χ1n) is 20.8. The summed E-state index contributed by atoms with van der Waals surface area (Å²) >= 11 is 0. The third kappa shape index (κ3) is 4.53. The monoisotopic (exact) mass is 764 g/mol. The van der Waals surface area contributed by atoms with Gasteiger partial charge in [0.15, 0.2) is 17.5 Å². The zero-order valence-corrected chi connectivity index (χ0v) is 32.7. The highest BCUT2D eigenvalue weighted by atomic mass is 15.0. The molecule has 0 radical (unpaired) electrons. The number of aromatic nitrogens is 4. The molecule has 10 aromatic rings. The van der Waals surface area contributed by atoms with Gasteiger partial charge in [0.05, 0.1) is 22.1 Å². The summed E-state index contributed by atoms with van der Waals surface area (Å²) in [5.41, 5.74) is 16.6. The predicted octanol–water partition coefficient (Wildman–Crippen LogP) is 13.6. The second-order valence-electron chi connectivity index (χ2n) is 16.2. The van der Waals surface area contributed by atoms with Crippen molar-refractivity contribution in [2.75, 3.05) is 0 Å². The summed E-state index contributed by atoms with van der Waals surface area (Å²) in [4.78, 5) is 15.7. The van der Waals surface area contributed by atoms with Gasteiger partial charge in [-0.3, -0.25) is 0 Å². The molecule has 8 aromatic carbocycles. The minimum absolute atomic E-state index is 0.475. The summed E-state index contributed by atoms with van der Waals surface area (Å²) in [6.07, 6.45) is 6.77. The molecular formula is C56H36N4. The molecule has 2 aliphatic carbocycles. The van der Waals surface area contributed by atoms with Gasteiger partial charge < -0.3 is 4.57 Å². The minimum Gasteiger partial charge on any atom is -0.309 e. The molecule has 0 amide bonds. The molecule has 0 fully saturated rings. The molecule has 1 aliphatic heterocycles. The van der Waals surface area contributed by atoms with E-state index < -0.39 is 5.41 Å². The summed E-state index contributed by atoms with van der Waals surface area (Å²) in [6.45, 7) is 0. The van der Waals surface area contributed by atoms with Crippen LogP contribution in [0, 0.1) is 0 Å². The first-order chi connectivity index (χ1) is 29.8. The highest BCUT2D eigenvalue weighted by Gasteiger charge is 2.52. The molecule has 2 aromatic heterocycles. The van der Waals surface area contributed by atoms with Crippen LogP contribution >= 0.6 is 0 Å². The van der Waals surface area contributed by atoms with Crippen LogP contribution in [-0.4, -0.2) is 19.5 Å². The molecule has 0 saturated heterocycles. The fraction of sp³-hybridized carbons (Fsp3) is 0.0536. The Hall–Kier alpha value is -7.69. The van der Waals surface area contributed by atoms with Crippen LogP contribution in [-0.2, 0) is 5.41 Å². The molecule has 1 atom stereocenters. The summed E-state index contributed by atoms with van der Waals surface area (Å²) < 4.78 is 2.53. The largest absolute Gasteiger partial charge is 0.309 e. The number of allylic oxidation sites excluding steroid dienone is 4. The number of hydrogen-bond donors (Lipinski definition) is 0. The molecule has 60 heavy (non-hydrogen) atoms. The Kier molecular flexibility index (Phi) is 7.02. The molecule has 280 valence electrons. The van der Waals surface area contributed by atoms with Gasteiger partial charge in [-0.25, -0.2) is 15.0 Å². The van der Waals surface area contributed by atoms with E-state index in [1.807, 2.05) is 36.4 Å². The third-order valence-electron chi connectivity index (χ3n) is 13.1. The lowest BCUT2D eigenvalue weighted by Gasteiger charge is -2.41. The molecule has 4 nitrogen and oxygen atoms in total. The van der Waals surface area contributed by atoms with E-state index in [-0.39, 0.29) is 0 Å². The van der Waals surface area contributed by atoms with Gasteiger partial charge in [-0.2, -0.15) is 0 Å². The maximum absolute atomic E-state index is 5.31. The van der Waals surface area contributed by atoms with Crippen molar-refractivity contribution in [1.82, 2.24) is 19.5 Å². The van der Waals surface area contributed by atoms with Crippen molar-refractivity contribution in [3.05, 3.63) is 222 Å². The molecule has 3 heterocycles. The Bertz CT molecular complexity index is 3430. The van der Waals surface area contributed by atoms with Crippen molar-refractivity contribution in [3.8, 4) is 51.0 Å². The highest BCUT2D eigenvalue weighted by molar-refractivity contribution is 6.13. The Morgan fingerprint density at radius 2 is 1.12 bits per heavy atom. The van der Waals surface area contributed by atoms with Gasteiger partial charge >= 0.3 is 0 Å². The Morgan fingerprint density at radius 1 is 0.467 bits per heavy atom. The van der Waals surface area contributed by atoms with Gasteiger partial charge in [-0.1, -0.05) is 176 Å². The van der Waals surface area contributed by atoms with Crippen molar-refractivity contribution >= 4 is 38.2 Å². The maximum Gasteiger partial charge on any atom is 0.165 e. The van der Waals surface area contributed by atoms with Crippen molar-refractivity contribution in [3.63, 3.8) is 0 Å².